The number of hydrogen-bond donors (Lipinski definition) is 1. The van der Waals surface area contributed by atoms with E-state index in [1.807, 2.05) is 17.0 Å². The number of ether oxygens (including phenoxy) is 1. The SMILES string of the molecule is CC(C)(C)c1ccc(N2CCC3(CCC(O)(COc4cccnc4)CC3)C2=O)cc1. The van der Waals surface area contributed by atoms with E-state index in [-0.39, 0.29) is 23.3 Å². The number of pyridine rings is 1. The standard InChI is InChI=1S/C25H32N2O3/c1-23(2,3)19-6-8-20(9-7-19)27-16-14-24(22(27)28)10-12-25(29,13-11-24)18-30-21-5-4-15-26-17-21/h4-9,15,17,29H,10-14,16,18H2,1-3H3. The van der Waals surface area contributed by atoms with Crippen LogP contribution in [0.15, 0.2) is 48.8 Å². The number of carbonyl (C=O) groups excluding carboxylic acids is 1. The second-order valence-corrected chi connectivity index (χ2v) is 9.99. The molecule has 0 atom stereocenters. The first-order valence-electron chi connectivity index (χ1n) is 10.9. The number of anilines is 1. The van der Waals surface area contributed by atoms with Crippen molar-refractivity contribution >= 4 is 11.6 Å². The molecule has 0 bridgehead atoms. The van der Waals surface area contributed by atoms with Crippen molar-refractivity contribution in [2.75, 3.05) is 18.1 Å². The summed E-state index contributed by atoms with van der Waals surface area (Å²) in [4.78, 5) is 19.3. The van der Waals surface area contributed by atoms with Gasteiger partial charge in [-0.2, -0.15) is 0 Å². The highest BCUT2D eigenvalue weighted by Crippen LogP contribution is 2.48. The lowest BCUT2D eigenvalue weighted by Gasteiger charge is -2.40. The molecular weight excluding hydrogens is 376 g/mol. The lowest BCUT2D eigenvalue weighted by molar-refractivity contribution is -0.132. The van der Waals surface area contributed by atoms with Gasteiger partial charge in [0.05, 0.1) is 17.2 Å². The molecule has 2 aromatic rings. The van der Waals surface area contributed by atoms with Crippen molar-refractivity contribution in [1.29, 1.82) is 0 Å². The Hall–Kier alpha value is -2.40. The zero-order chi connectivity index (χ0) is 21.4. The molecule has 0 unspecified atom stereocenters. The van der Waals surface area contributed by atoms with Crippen LogP contribution >= 0.6 is 0 Å². The van der Waals surface area contributed by atoms with Gasteiger partial charge in [0.1, 0.15) is 12.4 Å². The number of aliphatic hydroxyl groups is 1. The van der Waals surface area contributed by atoms with Crippen molar-refractivity contribution in [2.24, 2.45) is 5.41 Å². The van der Waals surface area contributed by atoms with Crippen LogP contribution in [0.25, 0.3) is 0 Å². The highest BCUT2D eigenvalue weighted by Gasteiger charge is 2.51. The van der Waals surface area contributed by atoms with Gasteiger partial charge in [-0.05, 0) is 67.3 Å². The molecule has 1 saturated carbocycles. The van der Waals surface area contributed by atoms with Crippen LogP contribution in [0.1, 0.15) is 58.4 Å². The van der Waals surface area contributed by atoms with Gasteiger partial charge in [0.2, 0.25) is 5.91 Å². The molecule has 1 N–H and O–H groups in total. The Bertz CT molecular complexity index is 879. The van der Waals surface area contributed by atoms with Gasteiger partial charge in [0.15, 0.2) is 0 Å². The number of amides is 1. The van der Waals surface area contributed by atoms with Crippen molar-refractivity contribution in [2.45, 2.75) is 63.9 Å². The summed E-state index contributed by atoms with van der Waals surface area (Å²) in [5.74, 6) is 0.870. The van der Waals surface area contributed by atoms with Crippen LogP contribution < -0.4 is 9.64 Å². The molecule has 1 aromatic carbocycles. The Labute approximate surface area is 179 Å². The molecule has 2 aliphatic rings. The Morgan fingerprint density at radius 2 is 1.77 bits per heavy atom. The predicted molar refractivity (Wildman–Crippen MR) is 118 cm³/mol. The number of aromatic nitrogens is 1. The van der Waals surface area contributed by atoms with Gasteiger partial charge in [0, 0.05) is 18.4 Å². The van der Waals surface area contributed by atoms with E-state index in [1.165, 1.54) is 5.56 Å². The van der Waals surface area contributed by atoms with Crippen LogP contribution in [0.3, 0.4) is 0 Å². The van der Waals surface area contributed by atoms with Gasteiger partial charge in [-0.15, -0.1) is 0 Å². The highest BCUT2D eigenvalue weighted by molar-refractivity contribution is 6.00. The molecule has 4 rings (SSSR count). The molecule has 2 fully saturated rings. The van der Waals surface area contributed by atoms with E-state index in [4.69, 9.17) is 4.74 Å². The van der Waals surface area contributed by atoms with Crippen LogP contribution in [0, 0.1) is 5.41 Å². The van der Waals surface area contributed by atoms with Crippen molar-refractivity contribution in [3.63, 3.8) is 0 Å². The molecule has 5 nitrogen and oxygen atoms in total. The molecule has 1 amide bonds. The fraction of sp³-hybridized carbons (Fsp3) is 0.520. The Kier molecular flexibility index (Phi) is 5.35. The molecule has 1 aromatic heterocycles. The average molecular weight is 409 g/mol. The van der Waals surface area contributed by atoms with E-state index >= 15 is 0 Å². The average Bonchev–Trinajstić information content (AvgIpc) is 3.06. The Balaban J connectivity index is 1.39. The van der Waals surface area contributed by atoms with E-state index in [1.54, 1.807) is 12.4 Å². The first kappa shape index (κ1) is 20.9. The minimum absolute atomic E-state index is 0.0977. The molecule has 1 aliphatic carbocycles. The topological polar surface area (TPSA) is 62.7 Å². The minimum atomic E-state index is -0.886. The number of nitrogens with zero attached hydrogens (tertiary/aromatic N) is 2. The summed E-state index contributed by atoms with van der Waals surface area (Å²) in [5, 5.41) is 11.0. The fourth-order valence-electron chi connectivity index (χ4n) is 4.66. The summed E-state index contributed by atoms with van der Waals surface area (Å²) in [6.45, 7) is 7.57. The van der Waals surface area contributed by atoms with E-state index in [0.717, 1.165) is 18.7 Å². The molecular formula is C25H32N2O3. The lowest BCUT2D eigenvalue weighted by Crippen LogP contribution is -2.46. The third-order valence-corrected chi connectivity index (χ3v) is 6.84. The number of hydrogen-bond acceptors (Lipinski definition) is 4. The van der Waals surface area contributed by atoms with Gasteiger partial charge in [-0.25, -0.2) is 0 Å². The van der Waals surface area contributed by atoms with Gasteiger partial charge in [-0.3, -0.25) is 9.78 Å². The third kappa shape index (κ3) is 4.08. The molecule has 5 heteroatoms. The lowest BCUT2D eigenvalue weighted by atomic mass is 9.68. The quantitative estimate of drug-likeness (QED) is 0.810. The number of rotatable bonds is 4. The van der Waals surface area contributed by atoms with Crippen LogP contribution in [-0.2, 0) is 10.2 Å². The Morgan fingerprint density at radius 3 is 2.37 bits per heavy atom. The third-order valence-electron chi connectivity index (χ3n) is 6.84. The molecule has 1 aliphatic heterocycles. The summed E-state index contributed by atoms with van der Waals surface area (Å²) >= 11 is 0. The second kappa shape index (κ2) is 7.69. The molecule has 30 heavy (non-hydrogen) atoms. The maximum absolute atomic E-state index is 13.4. The molecule has 1 spiro atoms. The van der Waals surface area contributed by atoms with Crippen molar-refractivity contribution in [1.82, 2.24) is 4.98 Å². The number of carbonyl (C=O) groups is 1. The van der Waals surface area contributed by atoms with Crippen molar-refractivity contribution in [3.8, 4) is 5.75 Å². The summed E-state index contributed by atoms with van der Waals surface area (Å²) < 4.78 is 5.75. The summed E-state index contributed by atoms with van der Waals surface area (Å²) in [6, 6.07) is 12.0. The van der Waals surface area contributed by atoms with Crippen LogP contribution in [0.2, 0.25) is 0 Å². The maximum atomic E-state index is 13.4. The molecule has 1 saturated heterocycles. The van der Waals surface area contributed by atoms with Gasteiger partial charge in [-0.1, -0.05) is 32.9 Å². The van der Waals surface area contributed by atoms with Crippen LogP contribution in [0.4, 0.5) is 5.69 Å². The highest BCUT2D eigenvalue weighted by atomic mass is 16.5. The first-order valence-corrected chi connectivity index (χ1v) is 10.9. The van der Waals surface area contributed by atoms with E-state index in [2.05, 4.69) is 50.0 Å². The zero-order valence-electron chi connectivity index (χ0n) is 18.2. The molecule has 0 radical (unpaired) electrons. The van der Waals surface area contributed by atoms with E-state index < -0.39 is 5.60 Å². The summed E-state index contributed by atoms with van der Waals surface area (Å²) in [5.41, 5.74) is 1.11. The smallest absolute Gasteiger partial charge is 0.233 e. The first-order chi connectivity index (χ1) is 14.2. The predicted octanol–water partition coefficient (Wildman–Crippen LogP) is 4.49. The minimum Gasteiger partial charge on any atom is -0.489 e. The van der Waals surface area contributed by atoms with E-state index in [0.29, 0.717) is 31.4 Å². The largest absolute Gasteiger partial charge is 0.489 e. The van der Waals surface area contributed by atoms with E-state index in [9.17, 15) is 9.90 Å². The fourth-order valence-corrected chi connectivity index (χ4v) is 4.66. The normalized spacial score (nSPS) is 26.9. The van der Waals surface area contributed by atoms with Crippen molar-refractivity contribution in [3.05, 3.63) is 54.4 Å². The monoisotopic (exact) mass is 408 g/mol. The second-order valence-electron chi connectivity index (χ2n) is 9.99. The van der Waals surface area contributed by atoms with Crippen LogP contribution in [0.5, 0.6) is 5.75 Å². The van der Waals surface area contributed by atoms with Gasteiger partial charge in [0.25, 0.3) is 0 Å². The summed E-state index contributed by atoms with van der Waals surface area (Å²) in [6.07, 6.45) is 6.76. The molecule has 160 valence electrons. The molecule has 2 heterocycles. The van der Waals surface area contributed by atoms with Crippen molar-refractivity contribution < 1.29 is 14.6 Å². The zero-order valence-corrected chi connectivity index (χ0v) is 18.2. The van der Waals surface area contributed by atoms with Gasteiger partial charge < -0.3 is 14.7 Å². The Morgan fingerprint density at radius 1 is 1.07 bits per heavy atom. The van der Waals surface area contributed by atoms with Crippen LogP contribution in [-0.4, -0.2) is 34.8 Å². The maximum Gasteiger partial charge on any atom is 0.233 e. The number of benzene rings is 1. The summed E-state index contributed by atoms with van der Waals surface area (Å²) in [7, 11) is 0. The van der Waals surface area contributed by atoms with Gasteiger partial charge >= 0.3 is 0 Å².